The van der Waals surface area contributed by atoms with E-state index in [4.69, 9.17) is 9.47 Å². The van der Waals surface area contributed by atoms with Gasteiger partial charge in [0.05, 0.1) is 13.2 Å². The summed E-state index contributed by atoms with van der Waals surface area (Å²) >= 11 is 0. The number of benzene rings is 2. The highest BCUT2D eigenvalue weighted by molar-refractivity contribution is 5.28. The van der Waals surface area contributed by atoms with E-state index in [0.717, 1.165) is 37.6 Å². The molecular weight excluding hydrogens is 248 g/mol. The minimum atomic E-state index is 0.737. The minimum Gasteiger partial charge on any atom is -0.494 e. The van der Waals surface area contributed by atoms with Crippen LogP contribution in [0, 0.1) is 13.8 Å². The van der Waals surface area contributed by atoms with E-state index in [0.29, 0.717) is 0 Å². The van der Waals surface area contributed by atoms with Crippen molar-refractivity contribution in [1.29, 1.82) is 0 Å². The standard InChI is InChI=1S/C18H22O2/c1-15-7-5-9-17(13-15)19-11-3-4-12-20-18-10-6-8-16(2)14-18/h5-10,13-14H,3-4,11-12H2,1-2H3. The maximum Gasteiger partial charge on any atom is 0.119 e. The number of rotatable bonds is 7. The van der Waals surface area contributed by atoms with Crippen LogP contribution in [-0.2, 0) is 0 Å². The van der Waals surface area contributed by atoms with Gasteiger partial charge in [0, 0.05) is 0 Å². The molecule has 0 N–H and O–H groups in total. The van der Waals surface area contributed by atoms with Crippen molar-refractivity contribution in [3.8, 4) is 11.5 Å². The summed E-state index contributed by atoms with van der Waals surface area (Å²) in [6.45, 7) is 5.62. The monoisotopic (exact) mass is 270 g/mol. The molecule has 0 spiro atoms. The number of hydrogen-bond acceptors (Lipinski definition) is 2. The second kappa shape index (κ2) is 7.59. The van der Waals surface area contributed by atoms with Gasteiger partial charge in [-0.25, -0.2) is 0 Å². The molecule has 0 aliphatic heterocycles. The van der Waals surface area contributed by atoms with Crippen LogP contribution >= 0.6 is 0 Å². The molecule has 0 aliphatic carbocycles. The summed E-state index contributed by atoms with van der Waals surface area (Å²) in [4.78, 5) is 0. The Hall–Kier alpha value is -1.96. The van der Waals surface area contributed by atoms with E-state index in [1.807, 2.05) is 24.3 Å². The molecule has 0 unspecified atom stereocenters. The topological polar surface area (TPSA) is 18.5 Å². The third kappa shape index (κ3) is 4.96. The lowest BCUT2D eigenvalue weighted by atomic mass is 10.2. The first-order chi connectivity index (χ1) is 9.74. The molecule has 0 saturated heterocycles. The van der Waals surface area contributed by atoms with Crippen molar-refractivity contribution in [3.05, 3.63) is 59.7 Å². The average Bonchev–Trinajstić information content (AvgIpc) is 2.43. The lowest BCUT2D eigenvalue weighted by Crippen LogP contribution is -2.02. The van der Waals surface area contributed by atoms with E-state index in [1.165, 1.54) is 11.1 Å². The molecule has 2 aromatic rings. The molecule has 0 radical (unpaired) electrons. The molecule has 0 saturated carbocycles. The van der Waals surface area contributed by atoms with Crippen LogP contribution in [0.3, 0.4) is 0 Å². The van der Waals surface area contributed by atoms with Crippen molar-refractivity contribution >= 4 is 0 Å². The molecule has 0 heterocycles. The number of aryl methyl sites for hydroxylation is 2. The zero-order valence-corrected chi connectivity index (χ0v) is 12.3. The number of unbranched alkanes of at least 4 members (excludes halogenated alkanes) is 1. The van der Waals surface area contributed by atoms with Gasteiger partial charge in [0.25, 0.3) is 0 Å². The Kier molecular flexibility index (Phi) is 5.48. The van der Waals surface area contributed by atoms with Crippen LogP contribution in [0.5, 0.6) is 11.5 Å². The van der Waals surface area contributed by atoms with Crippen molar-refractivity contribution in [2.45, 2.75) is 26.7 Å². The highest BCUT2D eigenvalue weighted by Crippen LogP contribution is 2.14. The maximum atomic E-state index is 5.70. The summed E-state index contributed by atoms with van der Waals surface area (Å²) in [7, 11) is 0. The highest BCUT2D eigenvalue weighted by Gasteiger charge is 1.96. The maximum absolute atomic E-state index is 5.70. The zero-order chi connectivity index (χ0) is 14.2. The summed E-state index contributed by atoms with van der Waals surface area (Å²) < 4.78 is 11.4. The Labute approximate surface area is 121 Å². The molecular formula is C18H22O2. The molecule has 0 atom stereocenters. The smallest absolute Gasteiger partial charge is 0.119 e. The Morgan fingerprint density at radius 2 is 1.15 bits per heavy atom. The average molecular weight is 270 g/mol. The van der Waals surface area contributed by atoms with Crippen molar-refractivity contribution in [1.82, 2.24) is 0 Å². The van der Waals surface area contributed by atoms with Crippen LogP contribution in [-0.4, -0.2) is 13.2 Å². The molecule has 0 fully saturated rings. The van der Waals surface area contributed by atoms with Crippen LogP contribution in [0.2, 0.25) is 0 Å². The van der Waals surface area contributed by atoms with Gasteiger partial charge in [-0.3, -0.25) is 0 Å². The fourth-order valence-electron chi connectivity index (χ4n) is 1.99. The van der Waals surface area contributed by atoms with Gasteiger partial charge in [-0.1, -0.05) is 24.3 Å². The summed E-state index contributed by atoms with van der Waals surface area (Å²) in [6, 6.07) is 16.3. The van der Waals surface area contributed by atoms with Gasteiger partial charge in [0.1, 0.15) is 11.5 Å². The number of hydrogen-bond donors (Lipinski definition) is 0. The summed E-state index contributed by atoms with van der Waals surface area (Å²) in [6.07, 6.45) is 2.00. The second-order valence-electron chi connectivity index (χ2n) is 5.04. The molecule has 2 aromatic carbocycles. The lowest BCUT2D eigenvalue weighted by molar-refractivity contribution is 0.266. The van der Waals surface area contributed by atoms with E-state index in [9.17, 15) is 0 Å². The normalized spacial score (nSPS) is 10.3. The van der Waals surface area contributed by atoms with Crippen molar-refractivity contribution in [2.75, 3.05) is 13.2 Å². The molecule has 2 heteroatoms. The molecule has 0 aliphatic rings. The van der Waals surface area contributed by atoms with E-state index in [-0.39, 0.29) is 0 Å². The Morgan fingerprint density at radius 1 is 0.700 bits per heavy atom. The fourth-order valence-corrected chi connectivity index (χ4v) is 1.99. The summed E-state index contributed by atoms with van der Waals surface area (Å²) in [5.41, 5.74) is 2.45. The van der Waals surface area contributed by atoms with E-state index < -0.39 is 0 Å². The van der Waals surface area contributed by atoms with Crippen molar-refractivity contribution in [3.63, 3.8) is 0 Å². The second-order valence-corrected chi connectivity index (χ2v) is 5.04. The van der Waals surface area contributed by atoms with Gasteiger partial charge in [-0.05, 0) is 62.1 Å². The third-order valence-electron chi connectivity index (χ3n) is 3.06. The van der Waals surface area contributed by atoms with Crippen molar-refractivity contribution < 1.29 is 9.47 Å². The van der Waals surface area contributed by atoms with E-state index >= 15 is 0 Å². The van der Waals surface area contributed by atoms with Gasteiger partial charge in [0.15, 0.2) is 0 Å². The third-order valence-corrected chi connectivity index (χ3v) is 3.06. The molecule has 0 bridgehead atoms. The SMILES string of the molecule is Cc1cccc(OCCCCOc2cccc(C)c2)c1. The summed E-state index contributed by atoms with van der Waals surface area (Å²) in [5.74, 6) is 1.90. The van der Waals surface area contributed by atoms with Crippen LogP contribution in [0.15, 0.2) is 48.5 Å². The molecule has 0 amide bonds. The van der Waals surface area contributed by atoms with Gasteiger partial charge < -0.3 is 9.47 Å². The quantitative estimate of drug-likeness (QED) is 0.688. The Bertz CT molecular complexity index is 485. The zero-order valence-electron chi connectivity index (χ0n) is 12.3. The van der Waals surface area contributed by atoms with E-state index in [2.05, 4.69) is 38.1 Å². The first-order valence-corrected chi connectivity index (χ1v) is 7.13. The predicted molar refractivity (Wildman–Crippen MR) is 82.6 cm³/mol. The molecule has 106 valence electrons. The lowest BCUT2D eigenvalue weighted by Gasteiger charge is -2.08. The Balaban J connectivity index is 1.60. The van der Waals surface area contributed by atoms with Crippen LogP contribution < -0.4 is 9.47 Å². The fraction of sp³-hybridized carbons (Fsp3) is 0.333. The molecule has 2 nitrogen and oxygen atoms in total. The molecule has 20 heavy (non-hydrogen) atoms. The predicted octanol–water partition coefficient (Wildman–Crippen LogP) is 4.54. The van der Waals surface area contributed by atoms with Gasteiger partial charge in [-0.2, -0.15) is 0 Å². The van der Waals surface area contributed by atoms with Crippen LogP contribution in [0.4, 0.5) is 0 Å². The molecule has 0 aromatic heterocycles. The van der Waals surface area contributed by atoms with Gasteiger partial charge in [0.2, 0.25) is 0 Å². The van der Waals surface area contributed by atoms with Crippen LogP contribution in [0.25, 0.3) is 0 Å². The number of ether oxygens (including phenoxy) is 2. The molecule has 2 rings (SSSR count). The minimum absolute atomic E-state index is 0.737. The van der Waals surface area contributed by atoms with E-state index in [1.54, 1.807) is 0 Å². The van der Waals surface area contributed by atoms with Gasteiger partial charge in [-0.15, -0.1) is 0 Å². The van der Waals surface area contributed by atoms with Crippen molar-refractivity contribution in [2.24, 2.45) is 0 Å². The largest absolute Gasteiger partial charge is 0.494 e. The Morgan fingerprint density at radius 3 is 1.55 bits per heavy atom. The van der Waals surface area contributed by atoms with Crippen LogP contribution in [0.1, 0.15) is 24.0 Å². The summed E-state index contributed by atoms with van der Waals surface area (Å²) in [5, 5.41) is 0. The first kappa shape index (κ1) is 14.4. The highest BCUT2D eigenvalue weighted by atomic mass is 16.5. The van der Waals surface area contributed by atoms with Gasteiger partial charge >= 0.3 is 0 Å². The first-order valence-electron chi connectivity index (χ1n) is 7.13.